The molecular formula is C19H30N6O7S. The molecule has 33 heavy (non-hydrogen) atoms. The van der Waals surface area contributed by atoms with Crippen LogP contribution in [0, 0.1) is 5.92 Å². The molecule has 5 unspecified atom stereocenters. The lowest BCUT2D eigenvalue weighted by Gasteiger charge is -2.26. The lowest BCUT2D eigenvalue weighted by Crippen LogP contribution is -2.58. The number of imidazole rings is 1. The van der Waals surface area contributed by atoms with E-state index in [1.807, 2.05) is 0 Å². The van der Waals surface area contributed by atoms with Gasteiger partial charge in [-0.05, 0) is 5.92 Å². The van der Waals surface area contributed by atoms with Crippen LogP contribution in [-0.4, -0.2) is 79.8 Å². The molecule has 1 rings (SSSR count). The monoisotopic (exact) mass is 486 g/mol. The average Bonchev–Trinajstić information content (AvgIpc) is 3.26. The number of thiol groups is 1. The number of carboxylic acids is 2. The SMILES string of the molecule is CCC(C)C(NC(=O)C(Cc1cnc[nH]1)NC(=O)C(CS)NC(=O)C(N)CC(=O)O)C(=O)O. The third kappa shape index (κ3) is 9.10. The highest BCUT2D eigenvalue weighted by molar-refractivity contribution is 7.80. The van der Waals surface area contributed by atoms with Gasteiger partial charge in [-0.2, -0.15) is 12.6 Å². The first-order valence-corrected chi connectivity index (χ1v) is 10.8. The number of nitrogens with zero attached hydrogens (tertiary/aromatic N) is 1. The highest BCUT2D eigenvalue weighted by Crippen LogP contribution is 2.09. The standard InChI is InChI=1S/C19H30N6O7S/c1-3-9(2)15(19(31)32)25-17(29)12(4-10-6-21-8-22-10)23-18(30)13(7-33)24-16(28)11(20)5-14(26)27/h6,8-9,11-13,15,33H,3-5,7,20H2,1-2H3,(H,21,22)(H,23,30)(H,24,28)(H,25,29)(H,26,27)(H,31,32). The molecule has 0 saturated heterocycles. The van der Waals surface area contributed by atoms with Gasteiger partial charge < -0.3 is 36.9 Å². The zero-order valence-electron chi connectivity index (χ0n) is 18.3. The fourth-order valence-corrected chi connectivity index (χ4v) is 3.05. The molecule has 0 saturated carbocycles. The number of hydrogen-bond donors (Lipinski definition) is 8. The van der Waals surface area contributed by atoms with E-state index in [2.05, 4.69) is 38.5 Å². The van der Waals surface area contributed by atoms with Gasteiger partial charge in [0.15, 0.2) is 0 Å². The van der Waals surface area contributed by atoms with Crippen molar-refractivity contribution < 1.29 is 34.2 Å². The normalized spacial score (nSPS) is 15.4. The summed E-state index contributed by atoms with van der Waals surface area (Å²) in [6.45, 7) is 3.46. The van der Waals surface area contributed by atoms with Crippen molar-refractivity contribution in [3.63, 3.8) is 0 Å². The number of nitrogens with one attached hydrogen (secondary N) is 4. The van der Waals surface area contributed by atoms with Crippen molar-refractivity contribution in [1.82, 2.24) is 25.9 Å². The number of rotatable bonds is 14. The van der Waals surface area contributed by atoms with Crippen molar-refractivity contribution in [1.29, 1.82) is 0 Å². The number of carbonyl (C=O) groups excluding carboxylic acids is 3. The summed E-state index contributed by atoms with van der Waals surface area (Å²) in [5.41, 5.74) is 6.01. The Hall–Kier alpha value is -3.13. The van der Waals surface area contributed by atoms with Crippen molar-refractivity contribution in [2.45, 2.75) is 57.3 Å². The molecule has 0 aliphatic rings. The van der Waals surface area contributed by atoms with Crippen molar-refractivity contribution >= 4 is 42.3 Å². The van der Waals surface area contributed by atoms with E-state index in [0.29, 0.717) is 12.1 Å². The van der Waals surface area contributed by atoms with Gasteiger partial charge in [-0.25, -0.2) is 9.78 Å². The molecule has 184 valence electrons. The predicted molar refractivity (Wildman–Crippen MR) is 119 cm³/mol. The van der Waals surface area contributed by atoms with Gasteiger partial charge in [0.1, 0.15) is 18.1 Å². The van der Waals surface area contributed by atoms with E-state index in [4.69, 9.17) is 10.8 Å². The summed E-state index contributed by atoms with van der Waals surface area (Å²) in [7, 11) is 0. The summed E-state index contributed by atoms with van der Waals surface area (Å²) in [5.74, 6) is -5.42. The second-order valence-corrected chi connectivity index (χ2v) is 7.87. The van der Waals surface area contributed by atoms with Gasteiger partial charge in [-0.3, -0.25) is 19.2 Å². The molecule has 13 nitrogen and oxygen atoms in total. The second kappa shape index (κ2) is 13.4. The number of aliphatic carboxylic acids is 2. The van der Waals surface area contributed by atoms with E-state index in [0.717, 1.165) is 0 Å². The van der Waals surface area contributed by atoms with Gasteiger partial charge in [0.05, 0.1) is 18.8 Å². The minimum Gasteiger partial charge on any atom is -0.481 e. The van der Waals surface area contributed by atoms with Crippen LogP contribution in [0.15, 0.2) is 12.5 Å². The van der Waals surface area contributed by atoms with Crippen LogP contribution in [-0.2, 0) is 30.4 Å². The van der Waals surface area contributed by atoms with Crippen LogP contribution in [0.1, 0.15) is 32.4 Å². The van der Waals surface area contributed by atoms with Gasteiger partial charge in [-0.15, -0.1) is 0 Å². The first kappa shape index (κ1) is 27.9. The molecule has 8 N–H and O–H groups in total. The maximum absolute atomic E-state index is 12.9. The lowest BCUT2D eigenvalue weighted by molar-refractivity contribution is -0.143. The summed E-state index contributed by atoms with van der Waals surface area (Å²) in [6.07, 6.45) is 2.66. The Bertz CT molecular complexity index is 835. The smallest absolute Gasteiger partial charge is 0.326 e. The zero-order chi connectivity index (χ0) is 25.1. The van der Waals surface area contributed by atoms with Crippen LogP contribution in [0.3, 0.4) is 0 Å². The molecular weight excluding hydrogens is 456 g/mol. The Kier molecular flexibility index (Phi) is 11.4. The Labute approximate surface area is 195 Å². The van der Waals surface area contributed by atoms with Gasteiger partial charge >= 0.3 is 11.9 Å². The molecule has 0 aliphatic heterocycles. The van der Waals surface area contributed by atoms with E-state index < -0.39 is 60.2 Å². The van der Waals surface area contributed by atoms with E-state index >= 15 is 0 Å². The number of amides is 3. The molecule has 0 aliphatic carbocycles. The number of aromatic nitrogens is 2. The highest BCUT2D eigenvalue weighted by Gasteiger charge is 2.32. The van der Waals surface area contributed by atoms with Gasteiger partial charge in [0.25, 0.3) is 0 Å². The number of hydrogen-bond acceptors (Lipinski definition) is 8. The number of nitrogens with two attached hydrogens (primary N) is 1. The minimum absolute atomic E-state index is 0.0316. The molecule has 3 amide bonds. The van der Waals surface area contributed by atoms with Crippen molar-refractivity contribution in [3.05, 3.63) is 18.2 Å². The highest BCUT2D eigenvalue weighted by atomic mass is 32.1. The molecule has 0 aromatic carbocycles. The van der Waals surface area contributed by atoms with Crippen LogP contribution >= 0.6 is 12.6 Å². The molecule has 0 bridgehead atoms. The Morgan fingerprint density at radius 3 is 2.18 bits per heavy atom. The molecule has 1 aromatic heterocycles. The first-order valence-electron chi connectivity index (χ1n) is 10.2. The number of carboxylic acid groups (broad SMARTS) is 2. The number of aromatic amines is 1. The van der Waals surface area contributed by atoms with E-state index in [9.17, 15) is 29.1 Å². The van der Waals surface area contributed by atoms with Crippen molar-refractivity contribution in [2.24, 2.45) is 11.7 Å². The molecule has 0 radical (unpaired) electrons. The maximum Gasteiger partial charge on any atom is 0.326 e. The Morgan fingerprint density at radius 1 is 1.09 bits per heavy atom. The summed E-state index contributed by atoms with van der Waals surface area (Å²) < 4.78 is 0. The summed E-state index contributed by atoms with van der Waals surface area (Å²) >= 11 is 4.03. The molecule has 5 atom stereocenters. The lowest BCUT2D eigenvalue weighted by atomic mass is 9.98. The number of H-pyrrole nitrogens is 1. The van der Waals surface area contributed by atoms with Crippen LogP contribution in [0.25, 0.3) is 0 Å². The molecule has 0 fully saturated rings. The van der Waals surface area contributed by atoms with Gasteiger partial charge in [-0.1, -0.05) is 20.3 Å². The maximum atomic E-state index is 12.9. The molecule has 1 aromatic rings. The molecule has 1 heterocycles. The predicted octanol–water partition coefficient (Wildman–Crippen LogP) is -1.73. The molecule has 14 heteroatoms. The largest absolute Gasteiger partial charge is 0.481 e. The number of carbonyl (C=O) groups is 5. The quantitative estimate of drug-likeness (QED) is 0.140. The fourth-order valence-electron chi connectivity index (χ4n) is 2.79. The first-order chi connectivity index (χ1) is 15.5. The van der Waals surface area contributed by atoms with Crippen molar-refractivity contribution in [3.8, 4) is 0 Å². The van der Waals surface area contributed by atoms with E-state index in [-0.39, 0.29) is 18.1 Å². The molecule has 0 spiro atoms. The Morgan fingerprint density at radius 2 is 1.70 bits per heavy atom. The second-order valence-electron chi connectivity index (χ2n) is 7.50. The van der Waals surface area contributed by atoms with Crippen molar-refractivity contribution in [2.75, 3.05) is 5.75 Å². The van der Waals surface area contributed by atoms with E-state index in [1.165, 1.54) is 12.5 Å². The Balaban J connectivity index is 2.98. The minimum atomic E-state index is -1.38. The fraction of sp³-hybridized carbons (Fsp3) is 0.579. The van der Waals surface area contributed by atoms with Crippen LogP contribution in [0.4, 0.5) is 0 Å². The summed E-state index contributed by atoms with van der Waals surface area (Å²) in [5, 5.41) is 25.4. The van der Waals surface area contributed by atoms with Crippen LogP contribution < -0.4 is 21.7 Å². The van der Waals surface area contributed by atoms with Gasteiger partial charge in [0, 0.05) is 24.1 Å². The third-order valence-corrected chi connectivity index (χ3v) is 5.30. The third-order valence-electron chi connectivity index (χ3n) is 4.94. The van der Waals surface area contributed by atoms with E-state index in [1.54, 1.807) is 13.8 Å². The average molecular weight is 487 g/mol. The summed E-state index contributed by atoms with van der Waals surface area (Å²) in [4.78, 5) is 66.7. The van der Waals surface area contributed by atoms with Crippen LogP contribution in [0.2, 0.25) is 0 Å². The topological polar surface area (TPSA) is 217 Å². The van der Waals surface area contributed by atoms with Gasteiger partial charge in [0.2, 0.25) is 17.7 Å². The van der Waals surface area contributed by atoms with Crippen LogP contribution in [0.5, 0.6) is 0 Å². The summed E-state index contributed by atoms with van der Waals surface area (Å²) in [6, 6.07) is -4.97. The zero-order valence-corrected chi connectivity index (χ0v) is 19.2.